The summed E-state index contributed by atoms with van der Waals surface area (Å²) in [6.45, 7) is 0.843. The van der Waals surface area contributed by atoms with E-state index in [2.05, 4.69) is 21.2 Å². The molecule has 2 aromatic rings. The van der Waals surface area contributed by atoms with Crippen LogP contribution in [0.5, 0.6) is 0 Å². The van der Waals surface area contributed by atoms with Gasteiger partial charge in [0.2, 0.25) is 0 Å². The molecule has 20 heavy (non-hydrogen) atoms. The summed E-state index contributed by atoms with van der Waals surface area (Å²) in [7, 11) is 0. The molecule has 0 aliphatic heterocycles. The van der Waals surface area contributed by atoms with Crippen molar-refractivity contribution in [1.29, 1.82) is 0 Å². The van der Waals surface area contributed by atoms with Gasteiger partial charge in [0, 0.05) is 19.2 Å². The van der Waals surface area contributed by atoms with Gasteiger partial charge in [-0.2, -0.15) is 11.3 Å². The van der Waals surface area contributed by atoms with E-state index in [1.165, 1.54) is 17.4 Å². The first-order chi connectivity index (χ1) is 9.59. The summed E-state index contributed by atoms with van der Waals surface area (Å²) in [5.41, 5.74) is 1.71. The molecule has 7 heteroatoms. The summed E-state index contributed by atoms with van der Waals surface area (Å²) in [4.78, 5) is 10.4. The number of thiophene rings is 1. The highest BCUT2D eigenvalue weighted by molar-refractivity contribution is 9.10. The van der Waals surface area contributed by atoms with Crippen LogP contribution in [0.1, 0.15) is 17.2 Å². The Kier molecular flexibility index (Phi) is 5.24. The Hall–Kier alpha value is -1.28. The molecule has 106 valence electrons. The van der Waals surface area contributed by atoms with E-state index in [4.69, 9.17) is 0 Å². The fraction of sp³-hybridized carbons (Fsp3) is 0.231. The maximum atomic E-state index is 10.8. The summed E-state index contributed by atoms with van der Waals surface area (Å²) in [5, 5.41) is 27.7. The Morgan fingerprint density at radius 3 is 2.90 bits per heavy atom. The fourth-order valence-electron chi connectivity index (χ4n) is 1.77. The Labute approximate surface area is 128 Å². The molecule has 5 nitrogen and oxygen atoms in total. The van der Waals surface area contributed by atoms with Crippen LogP contribution in [0, 0.1) is 10.1 Å². The van der Waals surface area contributed by atoms with Gasteiger partial charge in [-0.1, -0.05) is 12.1 Å². The molecule has 0 amide bonds. The molecule has 2 rings (SSSR count). The van der Waals surface area contributed by atoms with Crippen LogP contribution in [0.2, 0.25) is 0 Å². The van der Waals surface area contributed by atoms with Crippen LogP contribution in [0.25, 0.3) is 0 Å². The largest absolute Gasteiger partial charge is 0.387 e. The summed E-state index contributed by atoms with van der Waals surface area (Å²) in [6, 6.07) is 6.78. The van der Waals surface area contributed by atoms with Crippen molar-refractivity contribution in [2.75, 3.05) is 6.54 Å². The minimum Gasteiger partial charge on any atom is -0.387 e. The average molecular weight is 357 g/mol. The summed E-state index contributed by atoms with van der Waals surface area (Å²) in [6.07, 6.45) is -0.571. The van der Waals surface area contributed by atoms with Crippen LogP contribution >= 0.6 is 27.3 Å². The van der Waals surface area contributed by atoms with Crippen molar-refractivity contribution in [1.82, 2.24) is 5.32 Å². The highest BCUT2D eigenvalue weighted by atomic mass is 79.9. The van der Waals surface area contributed by atoms with Crippen LogP contribution in [-0.2, 0) is 6.54 Å². The van der Waals surface area contributed by atoms with E-state index < -0.39 is 11.0 Å². The number of hydrogen-bond acceptors (Lipinski definition) is 5. The molecule has 2 N–H and O–H groups in total. The Morgan fingerprint density at radius 1 is 1.45 bits per heavy atom. The zero-order valence-corrected chi connectivity index (χ0v) is 12.9. The lowest BCUT2D eigenvalue weighted by atomic mass is 10.1. The molecule has 1 heterocycles. The normalized spacial score (nSPS) is 12.3. The quantitative estimate of drug-likeness (QED) is 0.615. The van der Waals surface area contributed by atoms with E-state index >= 15 is 0 Å². The minimum atomic E-state index is -0.571. The van der Waals surface area contributed by atoms with Crippen molar-refractivity contribution in [2.45, 2.75) is 12.6 Å². The number of benzene rings is 1. The predicted octanol–water partition coefficient (Wildman–Crippen LogP) is 3.24. The lowest BCUT2D eigenvalue weighted by molar-refractivity contribution is -0.385. The lowest BCUT2D eigenvalue weighted by Crippen LogP contribution is -2.21. The van der Waals surface area contributed by atoms with Gasteiger partial charge < -0.3 is 10.4 Å². The third-order valence-electron chi connectivity index (χ3n) is 2.84. The molecule has 1 atom stereocenters. The number of nitro groups is 1. The molecule has 1 aromatic carbocycles. The van der Waals surface area contributed by atoms with Crippen molar-refractivity contribution in [3.05, 3.63) is 60.7 Å². The molecule has 0 saturated heterocycles. The van der Waals surface area contributed by atoms with Crippen LogP contribution in [-0.4, -0.2) is 16.6 Å². The van der Waals surface area contributed by atoms with E-state index in [1.807, 2.05) is 16.8 Å². The topological polar surface area (TPSA) is 75.4 Å². The van der Waals surface area contributed by atoms with Gasteiger partial charge in [0.05, 0.1) is 15.5 Å². The van der Waals surface area contributed by atoms with Gasteiger partial charge in [0.25, 0.3) is 5.69 Å². The molecular formula is C13H13BrN2O3S. The number of nitrogens with zero attached hydrogens (tertiary/aromatic N) is 1. The molecule has 0 bridgehead atoms. The number of nitro benzene ring substituents is 1. The minimum absolute atomic E-state index is 0.0442. The summed E-state index contributed by atoms with van der Waals surface area (Å²) < 4.78 is 0.475. The first kappa shape index (κ1) is 15.1. The van der Waals surface area contributed by atoms with Gasteiger partial charge in [0.1, 0.15) is 0 Å². The molecule has 0 aliphatic rings. The molecule has 0 saturated carbocycles. The second kappa shape index (κ2) is 6.94. The number of hydrogen-bond donors (Lipinski definition) is 2. The number of halogens is 1. The van der Waals surface area contributed by atoms with E-state index in [0.717, 1.165) is 11.1 Å². The van der Waals surface area contributed by atoms with E-state index in [9.17, 15) is 15.2 Å². The van der Waals surface area contributed by atoms with Gasteiger partial charge in [-0.25, -0.2) is 0 Å². The second-order valence-electron chi connectivity index (χ2n) is 4.21. The third-order valence-corrected chi connectivity index (χ3v) is 4.45. The van der Waals surface area contributed by atoms with E-state index in [1.54, 1.807) is 12.1 Å². The Morgan fingerprint density at radius 2 is 2.25 bits per heavy atom. The second-order valence-corrected chi connectivity index (χ2v) is 5.78. The van der Waals surface area contributed by atoms with E-state index in [-0.39, 0.29) is 5.69 Å². The SMILES string of the molecule is O=[N+]([O-])c1cccc(CNCC(O)c2ccsc2)c1Br. The molecule has 0 fully saturated rings. The number of aliphatic hydroxyl groups is 1. The highest BCUT2D eigenvalue weighted by Gasteiger charge is 2.15. The van der Waals surface area contributed by atoms with Crippen molar-refractivity contribution < 1.29 is 10.0 Å². The van der Waals surface area contributed by atoms with Crippen LogP contribution in [0.15, 0.2) is 39.5 Å². The van der Waals surface area contributed by atoms with Crippen molar-refractivity contribution in [3.63, 3.8) is 0 Å². The van der Waals surface area contributed by atoms with Gasteiger partial charge in [0.15, 0.2) is 0 Å². The van der Waals surface area contributed by atoms with E-state index in [0.29, 0.717) is 17.6 Å². The summed E-state index contributed by atoms with van der Waals surface area (Å²) in [5.74, 6) is 0. The lowest BCUT2D eigenvalue weighted by Gasteiger charge is -2.11. The van der Waals surface area contributed by atoms with Gasteiger partial charge in [-0.15, -0.1) is 0 Å². The zero-order chi connectivity index (χ0) is 14.5. The smallest absolute Gasteiger partial charge is 0.283 e. The number of aliphatic hydroxyl groups excluding tert-OH is 1. The third kappa shape index (κ3) is 3.63. The number of rotatable bonds is 6. The van der Waals surface area contributed by atoms with Gasteiger partial charge in [-0.3, -0.25) is 10.1 Å². The molecule has 0 radical (unpaired) electrons. The zero-order valence-electron chi connectivity index (χ0n) is 10.5. The molecule has 1 unspecified atom stereocenters. The Balaban J connectivity index is 1.95. The first-order valence-electron chi connectivity index (χ1n) is 5.92. The number of nitrogens with one attached hydrogen (secondary N) is 1. The van der Waals surface area contributed by atoms with Gasteiger partial charge in [-0.05, 0) is 43.9 Å². The van der Waals surface area contributed by atoms with Crippen LogP contribution < -0.4 is 5.32 Å². The standard InChI is InChI=1S/C13H13BrN2O3S/c14-13-9(2-1-3-11(13)16(18)19)6-15-7-12(17)10-4-5-20-8-10/h1-5,8,12,15,17H,6-7H2. The summed E-state index contributed by atoms with van der Waals surface area (Å²) >= 11 is 4.78. The van der Waals surface area contributed by atoms with Gasteiger partial charge >= 0.3 is 0 Å². The van der Waals surface area contributed by atoms with Crippen LogP contribution in [0.3, 0.4) is 0 Å². The maximum absolute atomic E-state index is 10.8. The average Bonchev–Trinajstić information content (AvgIpc) is 2.94. The molecular weight excluding hydrogens is 344 g/mol. The molecule has 1 aromatic heterocycles. The van der Waals surface area contributed by atoms with Crippen molar-refractivity contribution in [3.8, 4) is 0 Å². The first-order valence-corrected chi connectivity index (χ1v) is 7.66. The van der Waals surface area contributed by atoms with Crippen LogP contribution in [0.4, 0.5) is 5.69 Å². The Bertz CT molecular complexity index is 589. The fourth-order valence-corrected chi connectivity index (χ4v) is 3.03. The van der Waals surface area contributed by atoms with Crippen molar-refractivity contribution >= 4 is 33.0 Å². The maximum Gasteiger partial charge on any atom is 0.283 e. The monoisotopic (exact) mass is 356 g/mol. The van der Waals surface area contributed by atoms with Crippen molar-refractivity contribution in [2.24, 2.45) is 0 Å². The highest BCUT2D eigenvalue weighted by Crippen LogP contribution is 2.28. The predicted molar refractivity (Wildman–Crippen MR) is 81.8 cm³/mol. The molecule has 0 aliphatic carbocycles. The molecule has 0 spiro atoms.